The zero-order chi connectivity index (χ0) is 22.0. The van der Waals surface area contributed by atoms with E-state index in [1.807, 2.05) is 0 Å². The summed E-state index contributed by atoms with van der Waals surface area (Å²) in [5.41, 5.74) is 7.59. The summed E-state index contributed by atoms with van der Waals surface area (Å²) in [6.45, 7) is 7.81. The van der Waals surface area contributed by atoms with Crippen LogP contribution in [0.3, 0.4) is 0 Å². The van der Waals surface area contributed by atoms with Crippen molar-refractivity contribution in [3.63, 3.8) is 0 Å². The summed E-state index contributed by atoms with van der Waals surface area (Å²) >= 11 is 0. The highest BCUT2D eigenvalue weighted by Gasteiger charge is 2.21. The van der Waals surface area contributed by atoms with Crippen LogP contribution < -0.4 is 0 Å². The van der Waals surface area contributed by atoms with Crippen molar-refractivity contribution < 1.29 is 38.4 Å². The standard InChI is InChI=1S/C17H32N4O8/c1-17(2,3)29-16(24)21(5-8-25-7-4-19-20-18)6-9-26-10-11-27-12-13-28-14-15(22)23/h4-14H2,1-3H3,(H,22,23). The van der Waals surface area contributed by atoms with Gasteiger partial charge in [0.2, 0.25) is 0 Å². The fourth-order valence-corrected chi connectivity index (χ4v) is 1.82. The van der Waals surface area contributed by atoms with E-state index < -0.39 is 17.7 Å². The second-order valence-corrected chi connectivity index (χ2v) is 6.71. The van der Waals surface area contributed by atoms with E-state index in [9.17, 15) is 9.59 Å². The Kier molecular flexibility index (Phi) is 15.6. The lowest BCUT2D eigenvalue weighted by Crippen LogP contribution is -2.40. The van der Waals surface area contributed by atoms with Gasteiger partial charge in [-0.15, -0.1) is 0 Å². The Labute approximate surface area is 170 Å². The maximum Gasteiger partial charge on any atom is 0.410 e. The summed E-state index contributed by atoms with van der Waals surface area (Å²) in [5, 5.41) is 11.8. The lowest BCUT2D eigenvalue weighted by molar-refractivity contribution is -0.142. The molecule has 0 aromatic carbocycles. The fraction of sp³-hybridized carbons (Fsp3) is 0.882. The number of carboxylic acid groups (broad SMARTS) is 1. The third-order valence-corrected chi connectivity index (χ3v) is 3.03. The number of hydrogen-bond acceptors (Lipinski definition) is 8. The van der Waals surface area contributed by atoms with E-state index in [4.69, 9.17) is 34.3 Å². The molecule has 0 saturated heterocycles. The zero-order valence-electron chi connectivity index (χ0n) is 17.4. The maximum atomic E-state index is 12.3. The molecule has 1 amide bonds. The molecule has 0 fully saturated rings. The molecule has 0 unspecified atom stereocenters. The van der Waals surface area contributed by atoms with Gasteiger partial charge < -0.3 is 33.7 Å². The van der Waals surface area contributed by atoms with E-state index in [0.29, 0.717) is 26.3 Å². The Bertz CT molecular complexity index is 506. The van der Waals surface area contributed by atoms with Crippen LogP contribution in [0.15, 0.2) is 5.11 Å². The van der Waals surface area contributed by atoms with Crippen molar-refractivity contribution in [3.8, 4) is 0 Å². The van der Waals surface area contributed by atoms with Crippen LogP contribution in [0, 0.1) is 0 Å². The van der Waals surface area contributed by atoms with Gasteiger partial charge in [-0.25, -0.2) is 9.59 Å². The third-order valence-electron chi connectivity index (χ3n) is 3.03. The van der Waals surface area contributed by atoms with Gasteiger partial charge >= 0.3 is 12.1 Å². The SMILES string of the molecule is CC(C)(C)OC(=O)N(CCOCCN=[N+]=[N-])CCOCCOCCOCC(=O)O. The van der Waals surface area contributed by atoms with Crippen molar-refractivity contribution >= 4 is 12.1 Å². The minimum atomic E-state index is -1.02. The van der Waals surface area contributed by atoms with Gasteiger partial charge in [0, 0.05) is 24.5 Å². The van der Waals surface area contributed by atoms with E-state index in [0.717, 1.165) is 0 Å². The molecule has 0 heterocycles. The fourth-order valence-electron chi connectivity index (χ4n) is 1.82. The molecular weight excluding hydrogens is 388 g/mol. The van der Waals surface area contributed by atoms with Crippen molar-refractivity contribution in [1.82, 2.24) is 4.90 Å². The van der Waals surface area contributed by atoms with Gasteiger partial charge in [-0.2, -0.15) is 0 Å². The molecular formula is C17H32N4O8. The number of aliphatic carboxylic acids is 1. The minimum absolute atomic E-state index is 0.193. The number of carboxylic acids is 1. The van der Waals surface area contributed by atoms with Crippen LogP contribution in [0.4, 0.5) is 4.79 Å². The van der Waals surface area contributed by atoms with Crippen LogP contribution in [0.25, 0.3) is 10.4 Å². The molecule has 0 radical (unpaired) electrons. The van der Waals surface area contributed by atoms with Gasteiger partial charge in [-0.05, 0) is 26.3 Å². The molecule has 0 bridgehead atoms. The highest BCUT2D eigenvalue weighted by molar-refractivity contribution is 5.68. The smallest absolute Gasteiger partial charge is 0.410 e. The van der Waals surface area contributed by atoms with Crippen LogP contribution in [-0.2, 0) is 28.5 Å². The quantitative estimate of drug-likeness (QED) is 0.161. The monoisotopic (exact) mass is 420 g/mol. The molecule has 29 heavy (non-hydrogen) atoms. The summed E-state index contributed by atoms with van der Waals surface area (Å²) in [5.74, 6) is -1.02. The zero-order valence-corrected chi connectivity index (χ0v) is 17.4. The number of nitrogens with zero attached hydrogens (tertiary/aromatic N) is 4. The van der Waals surface area contributed by atoms with Gasteiger partial charge in [0.25, 0.3) is 0 Å². The van der Waals surface area contributed by atoms with E-state index >= 15 is 0 Å². The number of azide groups is 1. The number of hydrogen-bond donors (Lipinski definition) is 1. The van der Waals surface area contributed by atoms with E-state index in [-0.39, 0.29) is 46.2 Å². The molecule has 0 aliphatic heterocycles. The lowest BCUT2D eigenvalue weighted by atomic mass is 10.2. The van der Waals surface area contributed by atoms with Crippen molar-refractivity contribution in [3.05, 3.63) is 10.4 Å². The van der Waals surface area contributed by atoms with Gasteiger partial charge in [-0.3, -0.25) is 0 Å². The first-order chi connectivity index (χ1) is 13.8. The summed E-state index contributed by atoms with van der Waals surface area (Å²) in [6, 6.07) is 0. The number of amides is 1. The number of carbonyl (C=O) groups is 2. The van der Waals surface area contributed by atoms with Gasteiger partial charge in [0.15, 0.2) is 0 Å². The topological polar surface area (TPSA) is 153 Å². The largest absolute Gasteiger partial charge is 0.480 e. The number of carbonyl (C=O) groups excluding carboxylic acids is 1. The highest BCUT2D eigenvalue weighted by Crippen LogP contribution is 2.09. The first-order valence-corrected chi connectivity index (χ1v) is 9.28. The molecule has 0 aromatic heterocycles. The van der Waals surface area contributed by atoms with Crippen LogP contribution in [0.1, 0.15) is 20.8 Å². The highest BCUT2D eigenvalue weighted by atomic mass is 16.6. The number of ether oxygens (including phenoxy) is 5. The molecule has 0 spiro atoms. The minimum Gasteiger partial charge on any atom is -0.480 e. The summed E-state index contributed by atoms with van der Waals surface area (Å²) < 4.78 is 26.2. The first-order valence-electron chi connectivity index (χ1n) is 9.28. The van der Waals surface area contributed by atoms with Crippen molar-refractivity contribution in [2.45, 2.75) is 26.4 Å². The van der Waals surface area contributed by atoms with Crippen molar-refractivity contribution in [2.24, 2.45) is 5.11 Å². The molecule has 0 saturated carbocycles. The molecule has 0 atom stereocenters. The summed E-state index contributed by atoms with van der Waals surface area (Å²) in [7, 11) is 0. The molecule has 0 rings (SSSR count). The molecule has 168 valence electrons. The van der Waals surface area contributed by atoms with E-state index in [1.54, 1.807) is 20.8 Å². The molecule has 0 aliphatic rings. The van der Waals surface area contributed by atoms with Crippen molar-refractivity contribution in [1.29, 1.82) is 0 Å². The molecule has 0 aromatic rings. The summed E-state index contributed by atoms with van der Waals surface area (Å²) in [4.78, 5) is 26.7. The third kappa shape index (κ3) is 19.0. The average molecular weight is 420 g/mol. The molecule has 12 nitrogen and oxygen atoms in total. The Morgan fingerprint density at radius 2 is 1.45 bits per heavy atom. The first kappa shape index (κ1) is 26.9. The lowest BCUT2D eigenvalue weighted by Gasteiger charge is -2.27. The summed E-state index contributed by atoms with van der Waals surface area (Å²) in [6.07, 6.45) is -0.466. The van der Waals surface area contributed by atoms with Crippen LogP contribution >= 0.6 is 0 Å². The number of rotatable bonds is 17. The molecule has 12 heteroatoms. The second kappa shape index (κ2) is 16.8. The normalized spacial score (nSPS) is 11.0. The van der Waals surface area contributed by atoms with E-state index in [1.165, 1.54) is 4.90 Å². The molecule has 0 aliphatic carbocycles. The van der Waals surface area contributed by atoms with Gasteiger partial charge in [-0.1, -0.05) is 5.11 Å². The molecule has 1 N–H and O–H groups in total. The van der Waals surface area contributed by atoms with Crippen LogP contribution in [0.2, 0.25) is 0 Å². The predicted molar refractivity (Wildman–Crippen MR) is 103 cm³/mol. The average Bonchev–Trinajstić information content (AvgIpc) is 2.62. The van der Waals surface area contributed by atoms with E-state index in [2.05, 4.69) is 10.0 Å². The Hall–Kier alpha value is -2.11. The van der Waals surface area contributed by atoms with Crippen LogP contribution in [-0.4, -0.2) is 100 Å². The van der Waals surface area contributed by atoms with Crippen molar-refractivity contribution in [2.75, 3.05) is 72.5 Å². The van der Waals surface area contributed by atoms with Gasteiger partial charge in [0.1, 0.15) is 12.2 Å². The Balaban J connectivity index is 4.02. The Morgan fingerprint density at radius 1 is 0.931 bits per heavy atom. The van der Waals surface area contributed by atoms with Crippen LogP contribution in [0.5, 0.6) is 0 Å². The second-order valence-electron chi connectivity index (χ2n) is 6.71. The predicted octanol–water partition coefficient (Wildman–Crippen LogP) is 1.68. The van der Waals surface area contributed by atoms with Gasteiger partial charge in [0.05, 0.1) is 46.2 Å². The Morgan fingerprint density at radius 3 is 1.97 bits per heavy atom. The maximum absolute atomic E-state index is 12.3.